The van der Waals surface area contributed by atoms with Crippen LogP contribution in [0.2, 0.25) is 5.02 Å². The fourth-order valence-electron chi connectivity index (χ4n) is 2.21. The zero-order valence-corrected chi connectivity index (χ0v) is 11.5. The Balaban J connectivity index is 2.01. The van der Waals surface area contributed by atoms with Gasteiger partial charge in [-0.1, -0.05) is 11.6 Å². The first kappa shape index (κ1) is 12.9. The molecule has 2 aromatic rings. The van der Waals surface area contributed by atoms with Crippen molar-refractivity contribution in [2.24, 2.45) is 0 Å². The van der Waals surface area contributed by atoms with Gasteiger partial charge in [0.1, 0.15) is 5.75 Å². The molecule has 0 atom stereocenters. The summed E-state index contributed by atoms with van der Waals surface area (Å²) in [5.74, 6) is 1.08. The molecule has 0 fully saturated rings. The van der Waals surface area contributed by atoms with Crippen LogP contribution >= 0.6 is 11.6 Å². The van der Waals surface area contributed by atoms with Gasteiger partial charge in [-0.2, -0.15) is 0 Å². The third-order valence-corrected chi connectivity index (χ3v) is 3.43. The first-order valence-corrected chi connectivity index (χ1v) is 6.41. The molecule has 1 aliphatic heterocycles. The molecule has 0 saturated carbocycles. The maximum atomic E-state index is 11.9. The molecule has 6 heteroatoms. The van der Waals surface area contributed by atoms with Crippen LogP contribution in [0.5, 0.6) is 17.2 Å². The normalized spacial score (nSPS) is 12.7. The molecule has 0 amide bonds. The first-order valence-electron chi connectivity index (χ1n) is 6.03. The summed E-state index contributed by atoms with van der Waals surface area (Å²) < 4.78 is 12.1. The molecule has 0 radical (unpaired) electrons. The number of hydrogen-bond acceptors (Lipinski definition) is 4. The summed E-state index contributed by atoms with van der Waals surface area (Å²) in [6, 6.07) is 6.26. The summed E-state index contributed by atoms with van der Waals surface area (Å²) in [6.45, 7) is 2.26. The fraction of sp³-hybridized carbons (Fsp3) is 0.214. The zero-order chi connectivity index (χ0) is 14.3. The highest BCUT2D eigenvalue weighted by molar-refractivity contribution is 6.32. The van der Waals surface area contributed by atoms with Crippen LogP contribution in [0.25, 0.3) is 0 Å². The number of ether oxygens (including phenoxy) is 2. The van der Waals surface area contributed by atoms with Gasteiger partial charge in [0.2, 0.25) is 6.79 Å². The second kappa shape index (κ2) is 4.76. The molecule has 0 aliphatic carbocycles. The minimum Gasteiger partial charge on any atom is -0.508 e. The van der Waals surface area contributed by atoms with Crippen molar-refractivity contribution in [3.63, 3.8) is 0 Å². The maximum Gasteiger partial charge on any atom is 0.254 e. The Morgan fingerprint density at radius 3 is 2.85 bits per heavy atom. The fourth-order valence-corrected chi connectivity index (χ4v) is 2.50. The lowest BCUT2D eigenvalue weighted by Crippen LogP contribution is -2.21. The van der Waals surface area contributed by atoms with Crippen molar-refractivity contribution in [1.82, 2.24) is 4.57 Å². The van der Waals surface area contributed by atoms with Gasteiger partial charge >= 0.3 is 0 Å². The number of pyridine rings is 1. The van der Waals surface area contributed by atoms with Crippen LogP contribution in [0.3, 0.4) is 0 Å². The molecule has 0 bridgehead atoms. The number of aryl methyl sites for hydroxylation is 1. The summed E-state index contributed by atoms with van der Waals surface area (Å²) in [4.78, 5) is 11.9. The lowest BCUT2D eigenvalue weighted by Gasteiger charge is -2.11. The smallest absolute Gasteiger partial charge is 0.254 e. The van der Waals surface area contributed by atoms with Crippen molar-refractivity contribution in [1.29, 1.82) is 0 Å². The lowest BCUT2D eigenvalue weighted by molar-refractivity contribution is 0.174. The molecule has 3 rings (SSSR count). The molecule has 0 spiro atoms. The number of hydrogen-bond donors (Lipinski definition) is 1. The maximum absolute atomic E-state index is 11.9. The second-order valence-corrected chi connectivity index (χ2v) is 5.00. The van der Waals surface area contributed by atoms with Gasteiger partial charge in [0.05, 0.1) is 11.6 Å². The van der Waals surface area contributed by atoms with Gasteiger partial charge in [0.25, 0.3) is 5.56 Å². The van der Waals surface area contributed by atoms with Crippen LogP contribution in [0.15, 0.2) is 29.1 Å². The van der Waals surface area contributed by atoms with Crippen LogP contribution in [-0.2, 0) is 6.54 Å². The zero-order valence-electron chi connectivity index (χ0n) is 10.7. The van der Waals surface area contributed by atoms with E-state index in [1.165, 1.54) is 12.1 Å². The lowest BCUT2D eigenvalue weighted by atomic mass is 10.2. The van der Waals surface area contributed by atoms with Gasteiger partial charge in [0.15, 0.2) is 11.5 Å². The van der Waals surface area contributed by atoms with E-state index in [4.69, 9.17) is 21.1 Å². The summed E-state index contributed by atoms with van der Waals surface area (Å²) in [6.07, 6.45) is 0. The van der Waals surface area contributed by atoms with Crippen molar-refractivity contribution in [2.45, 2.75) is 13.5 Å². The quantitative estimate of drug-likeness (QED) is 0.923. The van der Waals surface area contributed by atoms with E-state index in [1.54, 1.807) is 23.6 Å². The van der Waals surface area contributed by atoms with Crippen molar-refractivity contribution in [3.8, 4) is 17.2 Å². The number of rotatable bonds is 2. The number of aromatic nitrogens is 1. The third-order valence-electron chi connectivity index (χ3n) is 3.15. The monoisotopic (exact) mass is 293 g/mol. The largest absolute Gasteiger partial charge is 0.508 e. The van der Waals surface area contributed by atoms with Crippen molar-refractivity contribution in [2.75, 3.05) is 6.79 Å². The average molecular weight is 294 g/mol. The van der Waals surface area contributed by atoms with Gasteiger partial charge in [-0.25, -0.2) is 0 Å². The predicted molar refractivity (Wildman–Crippen MR) is 73.8 cm³/mol. The number of aromatic hydroxyl groups is 1. The summed E-state index contributed by atoms with van der Waals surface area (Å²) >= 11 is 6.11. The molecule has 1 aromatic heterocycles. The van der Waals surface area contributed by atoms with Gasteiger partial charge in [-0.05, 0) is 30.7 Å². The van der Waals surface area contributed by atoms with E-state index < -0.39 is 0 Å². The Kier molecular flexibility index (Phi) is 3.06. The Hall–Kier alpha value is -2.14. The predicted octanol–water partition coefficient (Wildman–Crippen LogP) is 2.29. The Labute approximate surface area is 119 Å². The number of benzene rings is 1. The van der Waals surface area contributed by atoms with Crippen LogP contribution in [-0.4, -0.2) is 16.5 Å². The highest BCUT2D eigenvalue weighted by Gasteiger charge is 2.18. The van der Waals surface area contributed by atoms with Gasteiger partial charge in [0, 0.05) is 11.8 Å². The van der Waals surface area contributed by atoms with E-state index in [2.05, 4.69) is 0 Å². The highest BCUT2D eigenvalue weighted by atomic mass is 35.5. The minimum atomic E-state index is -0.267. The van der Waals surface area contributed by atoms with Crippen molar-refractivity contribution in [3.05, 3.63) is 50.9 Å². The molecule has 0 unspecified atom stereocenters. The van der Waals surface area contributed by atoms with Crippen molar-refractivity contribution < 1.29 is 14.6 Å². The summed E-state index contributed by atoms with van der Waals surface area (Å²) in [5, 5.41) is 9.84. The van der Waals surface area contributed by atoms with E-state index in [9.17, 15) is 9.90 Å². The van der Waals surface area contributed by atoms with Crippen molar-refractivity contribution >= 4 is 11.6 Å². The molecule has 1 aliphatic rings. The van der Waals surface area contributed by atoms with Crippen LogP contribution in [0, 0.1) is 6.92 Å². The molecular weight excluding hydrogens is 282 g/mol. The first-order chi connectivity index (χ1) is 9.54. The average Bonchev–Trinajstić information content (AvgIpc) is 2.82. The molecule has 20 heavy (non-hydrogen) atoms. The van der Waals surface area contributed by atoms with Crippen LogP contribution < -0.4 is 15.0 Å². The van der Waals surface area contributed by atoms with Gasteiger partial charge in [-0.3, -0.25) is 4.79 Å². The molecule has 104 valence electrons. The molecule has 1 aromatic carbocycles. The van der Waals surface area contributed by atoms with E-state index in [0.717, 1.165) is 5.56 Å². The van der Waals surface area contributed by atoms with Crippen LogP contribution in [0.1, 0.15) is 11.3 Å². The number of halogens is 1. The number of fused-ring (bicyclic) bond motifs is 1. The van der Waals surface area contributed by atoms with E-state index in [0.29, 0.717) is 28.8 Å². The number of nitrogens with zero attached hydrogens (tertiary/aromatic N) is 1. The van der Waals surface area contributed by atoms with Gasteiger partial charge in [-0.15, -0.1) is 0 Å². The molecule has 5 nitrogen and oxygen atoms in total. The highest BCUT2D eigenvalue weighted by Crippen LogP contribution is 2.39. The minimum absolute atomic E-state index is 0.0348. The third kappa shape index (κ3) is 2.20. The van der Waals surface area contributed by atoms with E-state index >= 15 is 0 Å². The van der Waals surface area contributed by atoms with E-state index in [-0.39, 0.29) is 18.1 Å². The Morgan fingerprint density at radius 2 is 2.10 bits per heavy atom. The molecule has 0 saturated heterocycles. The Morgan fingerprint density at radius 1 is 1.30 bits per heavy atom. The van der Waals surface area contributed by atoms with Gasteiger partial charge < -0.3 is 19.1 Å². The SMILES string of the molecule is Cc1cc(O)cc(=O)n1Cc1cc(Cl)c2c(c1)OCO2. The molecule has 2 heterocycles. The van der Waals surface area contributed by atoms with E-state index in [1.807, 2.05) is 0 Å². The molecular formula is C14H12ClNO4. The molecule has 1 N–H and O–H groups in total. The summed E-state index contributed by atoms with van der Waals surface area (Å²) in [5.41, 5.74) is 1.23. The summed E-state index contributed by atoms with van der Waals surface area (Å²) in [7, 11) is 0. The van der Waals surface area contributed by atoms with Crippen LogP contribution in [0.4, 0.5) is 0 Å². The second-order valence-electron chi connectivity index (χ2n) is 4.59. The topological polar surface area (TPSA) is 60.7 Å². The Bertz CT molecular complexity index is 739. The standard InChI is InChI=1S/C14H12ClNO4/c1-8-2-10(17)5-13(18)16(8)6-9-3-11(15)14-12(4-9)19-7-20-14/h2-5,17H,6-7H2,1H3.